The van der Waals surface area contributed by atoms with Crippen molar-refractivity contribution in [1.82, 2.24) is 15.6 Å². The lowest BCUT2D eigenvalue weighted by atomic mass is 10.2. The number of amides is 1. The summed E-state index contributed by atoms with van der Waals surface area (Å²) in [5, 5.41) is 5.36. The molecular formula is C10H12F3N3O. The van der Waals surface area contributed by atoms with Gasteiger partial charge in [0.2, 0.25) is 0 Å². The first-order chi connectivity index (χ1) is 7.95. The molecule has 0 atom stereocenters. The van der Waals surface area contributed by atoms with E-state index in [2.05, 4.69) is 15.6 Å². The molecule has 1 aromatic rings. The molecule has 0 aliphatic rings. The van der Waals surface area contributed by atoms with Crippen LogP contribution in [0.1, 0.15) is 16.1 Å². The molecule has 0 bridgehead atoms. The Balaban J connectivity index is 2.64. The molecule has 0 unspecified atom stereocenters. The second-order valence-corrected chi connectivity index (χ2v) is 3.29. The average Bonchev–Trinajstić information content (AvgIpc) is 2.28. The first-order valence-corrected chi connectivity index (χ1v) is 4.91. The summed E-state index contributed by atoms with van der Waals surface area (Å²) in [7, 11) is 1.73. The maximum Gasteiger partial charge on any atom is 0.433 e. The van der Waals surface area contributed by atoms with Crippen LogP contribution in [0.15, 0.2) is 18.3 Å². The van der Waals surface area contributed by atoms with E-state index in [0.717, 1.165) is 18.3 Å². The molecule has 1 amide bonds. The Hall–Kier alpha value is -1.63. The van der Waals surface area contributed by atoms with Crippen molar-refractivity contribution in [1.29, 1.82) is 0 Å². The number of hydrogen-bond acceptors (Lipinski definition) is 3. The highest BCUT2D eigenvalue weighted by atomic mass is 19.4. The van der Waals surface area contributed by atoms with Gasteiger partial charge < -0.3 is 10.6 Å². The summed E-state index contributed by atoms with van der Waals surface area (Å²) in [5.41, 5.74) is -0.904. The average molecular weight is 247 g/mol. The van der Waals surface area contributed by atoms with Crippen LogP contribution in [0.2, 0.25) is 0 Å². The van der Waals surface area contributed by atoms with Gasteiger partial charge in [-0.05, 0) is 19.2 Å². The number of hydrogen-bond donors (Lipinski definition) is 2. The summed E-state index contributed by atoms with van der Waals surface area (Å²) >= 11 is 0. The number of carbonyl (C=O) groups excluding carboxylic acids is 1. The molecule has 7 heteroatoms. The van der Waals surface area contributed by atoms with E-state index >= 15 is 0 Å². The van der Waals surface area contributed by atoms with E-state index in [1.807, 2.05) is 0 Å². The highest BCUT2D eigenvalue weighted by Crippen LogP contribution is 2.27. The predicted molar refractivity (Wildman–Crippen MR) is 55.5 cm³/mol. The topological polar surface area (TPSA) is 54.0 Å². The lowest BCUT2D eigenvalue weighted by Gasteiger charge is -2.07. The van der Waals surface area contributed by atoms with Gasteiger partial charge in [0.15, 0.2) is 0 Å². The van der Waals surface area contributed by atoms with Crippen LogP contribution in [-0.4, -0.2) is 31.0 Å². The van der Waals surface area contributed by atoms with Gasteiger partial charge in [-0.3, -0.25) is 9.78 Å². The minimum atomic E-state index is -4.48. The summed E-state index contributed by atoms with van der Waals surface area (Å²) in [6, 6.07) is 1.89. The lowest BCUT2D eigenvalue weighted by Crippen LogP contribution is -2.30. The molecular weight excluding hydrogens is 235 g/mol. The van der Waals surface area contributed by atoms with Crippen LogP contribution in [-0.2, 0) is 6.18 Å². The van der Waals surface area contributed by atoms with Crippen LogP contribution in [0.25, 0.3) is 0 Å². The number of pyridine rings is 1. The Bertz CT molecular complexity index is 375. The van der Waals surface area contributed by atoms with Crippen molar-refractivity contribution >= 4 is 5.91 Å². The Labute approximate surface area is 96.2 Å². The highest BCUT2D eigenvalue weighted by molar-refractivity contribution is 5.93. The third-order valence-electron chi connectivity index (χ3n) is 1.98. The molecule has 0 saturated carbocycles. The maximum atomic E-state index is 12.2. The molecule has 4 nitrogen and oxygen atoms in total. The first kappa shape index (κ1) is 13.4. The molecule has 0 radical (unpaired) electrons. The molecule has 2 N–H and O–H groups in total. The molecule has 94 valence electrons. The minimum Gasteiger partial charge on any atom is -0.351 e. The van der Waals surface area contributed by atoms with E-state index in [0.29, 0.717) is 13.1 Å². The van der Waals surface area contributed by atoms with E-state index in [9.17, 15) is 18.0 Å². The number of halogens is 3. The molecule has 0 spiro atoms. The van der Waals surface area contributed by atoms with Gasteiger partial charge in [0.1, 0.15) is 5.69 Å². The van der Waals surface area contributed by atoms with Crippen LogP contribution in [0.4, 0.5) is 13.2 Å². The Morgan fingerprint density at radius 1 is 1.35 bits per heavy atom. The van der Waals surface area contributed by atoms with Gasteiger partial charge in [0.25, 0.3) is 5.91 Å². The number of likely N-dealkylation sites (N-methyl/N-ethyl adjacent to an activating group) is 1. The van der Waals surface area contributed by atoms with Gasteiger partial charge in [0, 0.05) is 19.3 Å². The lowest BCUT2D eigenvalue weighted by molar-refractivity contribution is -0.141. The van der Waals surface area contributed by atoms with Gasteiger partial charge in [-0.25, -0.2) is 0 Å². The van der Waals surface area contributed by atoms with E-state index in [-0.39, 0.29) is 5.56 Å². The Kier molecular flexibility index (Phi) is 4.45. The molecule has 0 aliphatic heterocycles. The standard InChI is InChI=1S/C10H12F3N3O/c1-14-4-5-15-9(17)7-2-3-8(16-6-7)10(11,12)13/h2-3,6,14H,4-5H2,1H3,(H,15,17). The second-order valence-electron chi connectivity index (χ2n) is 3.29. The molecule has 0 aromatic carbocycles. The third-order valence-corrected chi connectivity index (χ3v) is 1.98. The van der Waals surface area contributed by atoms with Gasteiger partial charge in [-0.15, -0.1) is 0 Å². The molecule has 1 rings (SSSR count). The number of rotatable bonds is 4. The van der Waals surface area contributed by atoms with Crippen molar-refractivity contribution in [3.63, 3.8) is 0 Å². The fourth-order valence-corrected chi connectivity index (χ4v) is 1.10. The van der Waals surface area contributed by atoms with Crippen molar-refractivity contribution in [3.8, 4) is 0 Å². The molecule has 0 saturated heterocycles. The normalized spacial score (nSPS) is 11.3. The van der Waals surface area contributed by atoms with E-state index in [1.54, 1.807) is 7.05 Å². The van der Waals surface area contributed by atoms with E-state index in [1.165, 1.54) is 0 Å². The molecule has 1 heterocycles. The molecule has 1 aromatic heterocycles. The molecule has 17 heavy (non-hydrogen) atoms. The monoisotopic (exact) mass is 247 g/mol. The molecule has 0 aliphatic carbocycles. The van der Waals surface area contributed by atoms with Crippen LogP contribution in [0, 0.1) is 0 Å². The van der Waals surface area contributed by atoms with Gasteiger partial charge in [-0.2, -0.15) is 13.2 Å². The maximum absolute atomic E-state index is 12.2. The highest BCUT2D eigenvalue weighted by Gasteiger charge is 2.32. The third kappa shape index (κ3) is 4.03. The number of nitrogens with zero attached hydrogens (tertiary/aromatic N) is 1. The van der Waals surface area contributed by atoms with Crippen molar-refractivity contribution in [2.24, 2.45) is 0 Å². The zero-order chi connectivity index (χ0) is 12.9. The predicted octanol–water partition coefficient (Wildman–Crippen LogP) is 1.05. The van der Waals surface area contributed by atoms with Gasteiger partial charge in [-0.1, -0.05) is 0 Å². The Morgan fingerprint density at radius 3 is 2.53 bits per heavy atom. The number of carbonyl (C=O) groups is 1. The molecule has 0 fully saturated rings. The first-order valence-electron chi connectivity index (χ1n) is 4.91. The summed E-state index contributed by atoms with van der Waals surface area (Å²) in [6.45, 7) is 0.982. The fraction of sp³-hybridized carbons (Fsp3) is 0.400. The van der Waals surface area contributed by atoms with E-state index < -0.39 is 17.8 Å². The second kappa shape index (κ2) is 5.62. The summed E-state index contributed by atoms with van der Waals surface area (Å²) < 4.78 is 36.6. The van der Waals surface area contributed by atoms with Gasteiger partial charge in [0.05, 0.1) is 5.56 Å². The zero-order valence-corrected chi connectivity index (χ0v) is 9.14. The smallest absolute Gasteiger partial charge is 0.351 e. The van der Waals surface area contributed by atoms with E-state index in [4.69, 9.17) is 0 Å². The van der Waals surface area contributed by atoms with Crippen molar-refractivity contribution in [2.45, 2.75) is 6.18 Å². The summed E-state index contributed by atoms with van der Waals surface area (Å²) in [6.07, 6.45) is -3.57. The zero-order valence-electron chi connectivity index (χ0n) is 9.14. The SMILES string of the molecule is CNCCNC(=O)c1ccc(C(F)(F)F)nc1. The van der Waals surface area contributed by atoms with Gasteiger partial charge >= 0.3 is 6.18 Å². The summed E-state index contributed by atoms with van der Waals surface area (Å²) in [5.74, 6) is -0.443. The van der Waals surface area contributed by atoms with Crippen LogP contribution in [0.5, 0.6) is 0 Å². The quantitative estimate of drug-likeness (QED) is 0.782. The van der Waals surface area contributed by atoms with Crippen molar-refractivity contribution < 1.29 is 18.0 Å². The van der Waals surface area contributed by atoms with Crippen LogP contribution < -0.4 is 10.6 Å². The number of aromatic nitrogens is 1. The Morgan fingerprint density at radius 2 is 2.06 bits per heavy atom. The number of nitrogens with one attached hydrogen (secondary N) is 2. The minimum absolute atomic E-state index is 0.106. The number of alkyl halides is 3. The van der Waals surface area contributed by atoms with Crippen LogP contribution >= 0.6 is 0 Å². The largest absolute Gasteiger partial charge is 0.433 e. The van der Waals surface area contributed by atoms with Crippen molar-refractivity contribution in [3.05, 3.63) is 29.6 Å². The fourth-order valence-electron chi connectivity index (χ4n) is 1.10. The summed E-state index contributed by atoms with van der Waals surface area (Å²) in [4.78, 5) is 14.6. The van der Waals surface area contributed by atoms with Crippen molar-refractivity contribution in [2.75, 3.05) is 20.1 Å². The van der Waals surface area contributed by atoms with Crippen LogP contribution in [0.3, 0.4) is 0 Å².